The fraction of sp³-hybridized carbons (Fsp3) is 0.450. The highest BCUT2D eigenvalue weighted by Crippen LogP contribution is 2.33. The van der Waals surface area contributed by atoms with Crippen LogP contribution in [0.4, 0.5) is 14.7 Å². The van der Waals surface area contributed by atoms with Crippen molar-refractivity contribution in [2.75, 3.05) is 25.5 Å². The Morgan fingerprint density at radius 1 is 1.36 bits per heavy atom. The smallest absolute Gasteiger partial charge is 0.264 e. The third-order valence-electron chi connectivity index (χ3n) is 4.73. The molecule has 1 aliphatic heterocycles. The molecule has 0 saturated carbocycles. The molecule has 1 fully saturated rings. The summed E-state index contributed by atoms with van der Waals surface area (Å²) in [5.41, 5.74) is 8.06. The van der Waals surface area contributed by atoms with Gasteiger partial charge in [-0.15, -0.1) is 10.2 Å². The predicted octanol–water partition coefficient (Wildman–Crippen LogP) is 3.61. The van der Waals surface area contributed by atoms with Gasteiger partial charge < -0.3 is 16.0 Å². The average Bonchev–Trinajstić information content (AvgIpc) is 2.62. The van der Waals surface area contributed by atoms with E-state index in [2.05, 4.69) is 32.4 Å². The highest BCUT2D eigenvalue weighted by atomic mass is 19.3. The van der Waals surface area contributed by atoms with Crippen LogP contribution >= 0.6 is 0 Å². The molecule has 2 aromatic rings. The number of piperidine rings is 1. The molecule has 1 unspecified atom stereocenters. The van der Waals surface area contributed by atoms with E-state index in [9.17, 15) is 8.78 Å². The van der Waals surface area contributed by atoms with Gasteiger partial charge in [-0.25, -0.2) is 13.8 Å². The summed E-state index contributed by atoms with van der Waals surface area (Å²) in [5.74, 6) is 0.377. The van der Waals surface area contributed by atoms with Crippen molar-refractivity contribution in [1.29, 1.82) is 0 Å². The molecule has 1 aromatic carbocycles. The van der Waals surface area contributed by atoms with Crippen molar-refractivity contribution in [3.05, 3.63) is 40.7 Å². The first-order valence-electron chi connectivity index (χ1n) is 9.36. The molecule has 8 heteroatoms. The molecule has 3 N–H and O–H groups in total. The van der Waals surface area contributed by atoms with Crippen molar-refractivity contribution in [2.45, 2.75) is 39.2 Å². The van der Waals surface area contributed by atoms with Gasteiger partial charge in [0, 0.05) is 29.4 Å². The Hall–Kier alpha value is -2.61. The van der Waals surface area contributed by atoms with Crippen LogP contribution in [0, 0.1) is 6.92 Å². The lowest BCUT2D eigenvalue weighted by atomic mass is 10.0. The zero-order chi connectivity index (χ0) is 20.3. The molecule has 1 aromatic heterocycles. The molecule has 1 aliphatic rings. The molecule has 0 amide bonds. The maximum Gasteiger partial charge on any atom is 0.264 e. The van der Waals surface area contributed by atoms with Gasteiger partial charge in [0.05, 0.1) is 5.69 Å². The van der Waals surface area contributed by atoms with E-state index in [1.165, 1.54) is 6.07 Å². The standard InChI is InChI=1S/C20H26F2N6/c1-12-6-7-15(16(9-12)19(21)22)18-17(10-13(2)23)25-20(27-26-18)24-14-5-4-8-28(3)11-14/h6-7,9-10,14,19H,4-5,8,11,23H2,1-3H3,(H,24,25,27)/b13-10-. The molecule has 0 radical (unpaired) electrons. The second-order valence-electron chi connectivity index (χ2n) is 7.39. The first kappa shape index (κ1) is 20.1. The summed E-state index contributed by atoms with van der Waals surface area (Å²) in [7, 11) is 2.07. The van der Waals surface area contributed by atoms with Crippen LogP contribution in [-0.2, 0) is 0 Å². The molecule has 150 valence electrons. The van der Waals surface area contributed by atoms with E-state index in [1.807, 2.05) is 0 Å². The van der Waals surface area contributed by atoms with Crippen LogP contribution in [0.1, 0.15) is 43.0 Å². The number of likely N-dealkylation sites (tertiary alicyclic amines) is 1. The Morgan fingerprint density at radius 3 is 2.82 bits per heavy atom. The molecular weight excluding hydrogens is 362 g/mol. The van der Waals surface area contributed by atoms with Gasteiger partial charge in [-0.3, -0.25) is 0 Å². The molecule has 2 heterocycles. The maximum absolute atomic E-state index is 13.6. The van der Waals surface area contributed by atoms with Gasteiger partial charge in [0.1, 0.15) is 5.69 Å². The monoisotopic (exact) mass is 388 g/mol. The number of halogens is 2. The number of nitrogens with zero attached hydrogens (tertiary/aromatic N) is 4. The Labute approximate surface area is 163 Å². The van der Waals surface area contributed by atoms with E-state index in [0.717, 1.165) is 31.5 Å². The highest BCUT2D eigenvalue weighted by Gasteiger charge is 2.21. The van der Waals surface area contributed by atoms with E-state index < -0.39 is 6.43 Å². The summed E-state index contributed by atoms with van der Waals surface area (Å²) >= 11 is 0. The SMILES string of the molecule is C/C(N)=C/c1nc(NC2CCCN(C)C2)nnc1-c1ccc(C)cc1C(F)F. The lowest BCUT2D eigenvalue weighted by Crippen LogP contribution is -2.40. The molecule has 0 aliphatic carbocycles. The number of nitrogens with two attached hydrogens (primary N) is 1. The van der Waals surface area contributed by atoms with Crippen LogP contribution in [0.3, 0.4) is 0 Å². The van der Waals surface area contributed by atoms with Gasteiger partial charge in [0.15, 0.2) is 0 Å². The quantitative estimate of drug-likeness (QED) is 0.815. The second kappa shape index (κ2) is 8.60. The average molecular weight is 388 g/mol. The summed E-state index contributed by atoms with van der Waals surface area (Å²) < 4.78 is 27.2. The van der Waals surface area contributed by atoms with Crippen molar-refractivity contribution < 1.29 is 8.78 Å². The van der Waals surface area contributed by atoms with Crippen LogP contribution in [0.2, 0.25) is 0 Å². The van der Waals surface area contributed by atoms with Crippen molar-refractivity contribution >= 4 is 12.0 Å². The largest absolute Gasteiger partial charge is 0.402 e. The Balaban J connectivity index is 1.99. The highest BCUT2D eigenvalue weighted by molar-refractivity contribution is 5.73. The number of benzene rings is 1. The topological polar surface area (TPSA) is 80.0 Å². The van der Waals surface area contributed by atoms with Crippen LogP contribution in [0.25, 0.3) is 17.3 Å². The van der Waals surface area contributed by atoms with Crippen molar-refractivity contribution in [1.82, 2.24) is 20.1 Å². The first-order chi connectivity index (χ1) is 13.3. The number of anilines is 1. The third-order valence-corrected chi connectivity index (χ3v) is 4.73. The van der Waals surface area contributed by atoms with Crippen LogP contribution < -0.4 is 11.1 Å². The van der Waals surface area contributed by atoms with Crippen molar-refractivity contribution in [3.63, 3.8) is 0 Å². The number of aromatic nitrogens is 3. The summed E-state index contributed by atoms with van der Waals surface area (Å²) in [4.78, 5) is 6.77. The van der Waals surface area contributed by atoms with Gasteiger partial charge in [-0.1, -0.05) is 17.7 Å². The Morgan fingerprint density at radius 2 is 2.14 bits per heavy atom. The third kappa shape index (κ3) is 4.81. The zero-order valence-corrected chi connectivity index (χ0v) is 16.4. The minimum atomic E-state index is -2.62. The molecule has 3 rings (SSSR count). The normalized spacial score (nSPS) is 18.5. The number of allylic oxidation sites excluding steroid dienone is 1. The van der Waals surface area contributed by atoms with Crippen LogP contribution in [-0.4, -0.2) is 46.3 Å². The van der Waals surface area contributed by atoms with Gasteiger partial charge in [-0.2, -0.15) is 0 Å². The van der Waals surface area contributed by atoms with Crippen LogP contribution in [0.5, 0.6) is 0 Å². The van der Waals surface area contributed by atoms with E-state index in [4.69, 9.17) is 5.73 Å². The molecule has 28 heavy (non-hydrogen) atoms. The zero-order valence-electron chi connectivity index (χ0n) is 16.4. The van der Waals surface area contributed by atoms with E-state index in [1.54, 1.807) is 32.1 Å². The first-order valence-corrected chi connectivity index (χ1v) is 9.36. The minimum absolute atomic E-state index is 0.0879. The van der Waals surface area contributed by atoms with Gasteiger partial charge in [0.2, 0.25) is 5.95 Å². The predicted molar refractivity (Wildman–Crippen MR) is 107 cm³/mol. The lowest BCUT2D eigenvalue weighted by molar-refractivity contribution is 0.152. The van der Waals surface area contributed by atoms with Gasteiger partial charge in [-0.05, 0) is 52.4 Å². The number of hydrogen-bond donors (Lipinski definition) is 2. The Kier molecular flexibility index (Phi) is 6.18. The fourth-order valence-corrected chi connectivity index (χ4v) is 3.45. The molecule has 1 saturated heterocycles. The molecular formula is C20H26F2N6. The van der Waals surface area contributed by atoms with Crippen LogP contribution in [0.15, 0.2) is 23.9 Å². The number of alkyl halides is 2. The van der Waals surface area contributed by atoms with Crippen molar-refractivity contribution in [3.8, 4) is 11.3 Å². The van der Waals surface area contributed by atoms with E-state index in [-0.39, 0.29) is 11.6 Å². The molecule has 0 bridgehead atoms. The lowest BCUT2D eigenvalue weighted by Gasteiger charge is -2.30. The van der Waals surface area contributed by atoms with Gasteiger partial charge in [0.25, 0.3) is 6.43 Å². The summed E-state index contributed by atoms with van der Waals surface area (Å²) in [6, 6.07) is 5.09. The van der Waals surface area contributed by atoms with Gasteiger partial charge >= 0.3 is 0 Å². The van der Waals surface area contributed by atoms with Crippen molar-refractivity contribution in [2.24, 2.45) is 5.73 Å². The minimum Gasteiger partial charge on any atom is -0.402 e. The number of aryl methyl sites for hydroxylation is 1. The Bertz CT molecular complexity index is 864. The maximum atomic E-state index is 13.6. The number of hydrogen-bond acceptors (Lipinski definition) is 6. The number of rotatable bonds is 5. The summed E-state index contributed by atoms with van der Waals surface area (Å²) in [6.45, 7) is 5.46. The molecule has 0 spiro atoms. The molecule has 6 nitrogen and oxygen atoms in total. The van der Waals surface area contributed by atoms with E-state index >= 15 is 0 Å². The second-order valence-corrected chi connectivity index (χ2v) is 7.39. The van der Waals surface area contributed by atoms with E-state index in [0.29, 0.717) is 28.6 Å². The molecule has 1 atom stereocenters. The summed E-state index contributed by atoms with van der Waals surface area (Å²) in [6.07, 6.45) is 1.12. The number of nitrogens with one attached hydrogen (secondary N) is 1. The summed E-state index contributed by atoms with van der Waals surface area (Å²) in [5, 5.41) is 11.7. The number of likely N-dealkylation sites (N-methyl/N-ethyl adjacent to an activating group) is 1. The fourth-order valence-electron chi connectivity index (χ4n) is 3.45.